The lowest BCUT2D eigenvalue weighted by Crippen LogP contribution is -2.22. The second kappa shape index (κ2) is 8.29. The second-order valence-corrected chi connectivity index (χ2v) is 9.48. The molecule has 0 spiro atoms. The van der Waals surface area contributed by atoms with Gasteiger partial charge < -0.3 is 10.6 Å². The number of anilines is 2. The summed E-state index contributed by atoms with van der Waals surface area (Å²) in [5.41, 5.74) is 2.43. The van der Waals surface area contributed by atoms with Crippen molar-refractivity contribution < 1.29 is 18.0 Å². The molecular weight excluding hydrogens is 434 g/mol. The number of fused-ring (bicyclic) bond motifs is 1. The number of carbonyl (C=O) groups is 2. The molecule has 2 N–H and O–H groups in total. The summed E-state index contributed by atoms with van der Waals surface area (Å²) >= 11 is 1.08. The van der Waals surface area contributed by atoms with Crippen LogP contribution in [0.4, 0.5) is 11.4 Å². The predicted octanol–water partition coefficient (Wildman–Crippen LogP) is 4.08. The summed E-state index contributed by atoms with van der Waals surface area (Å²) in [5, 5.41) is 7.36. The van der Waals surface area contributed by atoms with E-state index in [4.69, 9.17) is 0 Å². The van der Waals surface area contributed by atoms with Gasteiger partial charge in [0, 0.05) is 29.4 Å². The van der Waals surface area contributed by atoms with Crippen molar-refractivity contribution >= 4 is 50.1 Å². The van der Waals surface area contributed by atoms with Gasteiger partial charge in [0.15, 0.2) is 0 Å². The summed E-state index contributed by atoms with van der Waals surface area (Å²) in [5.74, 6) is -0.454. The van der Waals surface area contributed by atoms with Crippen molar-refractivity contribution in [2.24, 2.45) is 4.40 Å². The first-order chi connectivity index (χ1) is 14.8. The Labute approximate surface area is 183 Å². The quantitative estimate of drug-likeness (QED) is 0.608. The lowest BCUT2D eigenvalue weighted by molar-refractivity contribution is -0.114. The highest BCUT2D eigenvalue weighted by molar-refractivity contribution is 7.92. The average molecular weight is 452 g/mol. The van der Waals surface area contributed by atoms with Gasteiger partial charge in [-0.05, 0) is 41.8 Å². The van der Waals surface area contributed by atoms with E-state index in [2.05, 4.69) is 15.0 Å². The molecule has 0 fully saturated rings. The van der Waals surface area contributed by atoms with Crippen molar-refractivity contribution in [2.45, 2.75) is 11.1 Å². The lowest BCUT2D eigenvalue weighted by atomic mass is 9.92. The molecule has 2 aromatic carbocycles. The van der Waals surface area contributed by atoms with Crippen LogP contribution in [0.25, 0.3) is 0 Å². The molecule has 7 nitrogen and oxygen atoms in total. The zero-order chi connectivity index (χ0) is 22.0. The molecule has 3 aromatic rings. The molecule has 4 rings (SSSR count). The van der Waals surface area contributed by atoms with E-state index >= 15 is 0 Å². The Hall–Kier alpha value is -3.56. The highest BCUT2D eigenvalue weighted by atomic mass is 32.2. The maximum absolute atomic E-state index is 13.0. The summed E-state index contributed by atoms with van der Waals surface area (Å²) in [4.78, 5) is 24.2. The topological polar surface area (TPSA) is 105 Å². The zero-order valence-corrected chi connectivity index (χ0v) is 18.0. The number of hydrogen-bond donors (Lipinski definition) is 2. The van der Waals surface area contributed by atoms with Gasteiger partial charge in [-0.1, -0.05) is 30.3 Å². The molecule has 9 heteroatoms. The normalized spacial score (nSPS) is 14.7. The summed E-state index contributed by atoms with van der Waals surface area (Å²) in [6, 6.07) is 16.7. The molecule has 0 saturated carbocycles. The van der Waals surface area contributed by atoms with Gasteiger partial charge in [0.25, 0.3) is 10.0 Å². The fraction of sp³-hybridized carbons (Fsp3) is 0.0455. The molecular formula is C22H17N3O4S2. The van der Waals surface area contributed by atoms with E-state index in [0.717, 1.165) is 11.3 Å². The summed E-state index contributed by atoms with van der Waals surface area (Å²) < 4.78 is 29.5. The number of allylic oxidation sites excluding steroid dienone is 2. The third-order valence-electron chi connectivity index (χ3n) is 4.43. The van der Waals surface area contributed by atoms with Crippen molar-refractivity contribution in [3.05, 3.63) is 88.9 Å². The van der Waals surface area contributed by atoms with Crippen LogP contribution in [0, 0.1) is 0 Å². The van der Waals surface area contributed by atoms with E-state index in [0.29, 0.717) is 22.5 Å². The maximum atomic E-state index is 13.0. The smallest absolute Gasteiger partial charge is 0.292 e. The predicted molar refractivity (Wildman–Crippen MR) is 121 cm³/mol. The van der Waals surface area contributed by atoms with E-state index in [-0.39, 0.29) is 27.3 Å². The van der Waals surface area contributed by atoms with Crippen LogP contribution in [0.1, 0.15) is 22.8 Å². The van der Waals surface area contributed by atoms with Gasteiger partial charge in [-0.3, -0.25) is 9.59 Å². The van der Waals surface area contributed by atoms with E-state index in [1.807, 2.05) is 0 Å². The molecule has 31 heavy (non-hydrogen) atoms. The number of carbonyl (C=O) groups excluding carboxylic acids is 2. The van der Waals surface area contributed by atoms with Gasteiger partial charge in [-0.15, -0.1) is 11.3 Å². The third kappa shape index (κ3) is 4.47. The number of nitrogens with one attached hydrogen (secondary N) is 2. The van der Waals surface area contributed by atoms with E-state index in [9.17, 15) is 18.0 Å². The first kappa shape index (κ1) is 20.7. The van der Waals surface area contributed by atoms with Gasteiger partial charge in [0.2, 0.25) is 11.7 Å². The van der Waals surface area contributed by atoms with Gasteiger partial charge in [0.1, 0.15) is 4.21 Å². The minimum absolute atomic E-state index is 0.130. The zero-order valence-electron chi connectivity index (χ0n) is 16.3. The molecule has 0 aliphatic heterocycles. The number of ketones is 1. The van der Waals surface area contributed by atoms with Crippen molar-refractivity contribution in [3.8, 4) is 0 Å². The Morgan fingerprint density at radius 2 is 1.61 bits per heavy atom. The Kier molecular flexibility index (Phi) is 5.53. The van der Waals surface area contributed by atoms with Crippen LogP contribution >= 0.6 is 11.3 Å². The number of rotatable bonds is 5. The fourth-order valence-corrected chi connectivity index (χ4v) is 5.04. The number of thiophene rings is 1. The van der Waals surface area contributed by atoms with Crippen LogP contribution in [0.15, 0.2) is 86.4 Å². The van der Waals surface area contributed by atoms with Gasteiger partial charge >= 0.3 is 0 Å². The highest BCUT2D eigenvalue weighted by Gasteiger charge is 2.26. The van der Waals surface area contributed by atoms with Gasteiger partial charge in [-0.2, -0.15) is 12.8 Å². The summed E-state index contributed by atoms with van der Waals surface area (Å²) in [6.07, 6.45) is 1.44. The molecule has 0 radical (unpaired) electrons. The Balaban J connectivity index is 1.72. The molecule has 156 valence electrons. The van der Waals surface area contributed by atoms with Gasteiger partial charge in [-0.25, -0.2) is 0 Å². The Morgan fingerprint density at radius 1 is 0.935 bits per heavy atom. The van der Waals surface area contributed by atoms with Crippen LogP contribution in [0.3, 0.4) is 0 Å². The van der Waals surface area contributed by atoms with Crippen molar-refractivity contribution in [3.63, 3.8) is 0 Å². The SMILES string of the molecule is CC(=O)Nc1ccc(NC2=C/C(=N\S(=O)(=O)c3cccs3)c3ccccc3C2=O)cc1. The summed E-state index contributed by atoms with van der Waals surface area (Å²) in [7, 11) is -3.91. The van der Waals surface area contributed by atoms with E-state index < -0.39 is 10.0 Å². The molecule has 0 bridgehead atoms. The van der Waals surface area contributed by atoms with Crippen LogP contribution in [-0.4, -0.2) is 25.8 Å². The Morgan fingerprint density at radius 3 is 2.26 bits per heavy atom. The van der Waals surface area contributed by atoms with E-state index in [1.165, 1.54) is 19.1 Å². The monoisotopic (exact) mass is 451 g/mol. The third-order valence-corrected chi connectivity index (χ3v) is 7.09. The van der Waals surface area contributed by atoms with Crippen molar-refractivity contribution in [1.82, 2.24) is 0 Å². The summed E-state index contributed by atoms with van der Waals surface area (Å²) in [6.45, 7) is 1.42. The molecule has 1 aliphatic carbocycles. The standard InChI is InChI=1S/C22H17N3O4S2/c1-14(26)23-15-8-10-16(11-9-15)24-20-13-19(17-5-2-3-6-18(17)22(20)27)25-31(28,29)21-7-4-12-30-21/h2-13,24H,1H3,(H,23,26)/b25-19+. The van der Waals surface area contributed by atoms with E-state index in [1.54, 1.807) is 60.0 Å². The first-order valence-electron chi connectivity index (χ1n) is 9.22. The molecule has 1 amide bonds. The van der Waals surface area contributed by atoms with Crippen LogP contribution in [0.2, 0.25) is 0 Å². The number of sulfonamides is 1. The van der Waals surface area contributed by atoms with Crippen LogP contribution < -0.4 is 10.6 Å². The number of amides is 1. The molecule has 0 unspecified atom stereocenters. The lowest BCUT2D eigenvalue weighted by Gasteiger charge is -2.19. The minimum Gasteiger partial charge on any atom is -0.352 e. The number of Topliss-reactive ketones (excluding diaryl/α,β-unsaturated/α-hetero) is 1. The van der Waals surface area contributed by atoms with Crippen LogP contribution in [-0.2, 0) is 14.8 Å². The first-order valence-corrected chi connectivity index (χ1v) is 11.5. The number of benzene rings is 2. The van der Waals surface area contributed by atoms with Crippen molar-refractivity contribution in [1.29, 1.82) is 0 Å². The highest BCUT2D eigenvalue weighted by Crippen LogP contribution is 2.26. The fourth-order valence-electron chi connectivity index (χ4n) is 3.08. The molecule has 1 heterocycles. The molecule has 0 atom stereocenters. The second-order valence-electron chi connectivity index (χ2n) is 6.70. The molecule has 1 aromatic heterocycles. The molecule has 1 aliphatic rings. The van der Waals surface area contributed by atoms with Crippen LogP contribution in [0.5, 0.6) is 0 Å². The van der Waals surface area contributed by atoms with Crippen molar-refractivity contribution in [2.75, 3.05) is 10.6 Å². The Bertz CT molecular complexity index is 1320. The van der Waals surface area contributed by atoms with Gasteiger partial charge in [0.05, 0.1) is 11.4 Å². The number of hydrogen-bond acceptors (Lipinski definition) is 6. The minimum atomic E-state index is -3.91. The maximum Gasteiger partial charge on any atom is 0.292 e. The molecule has 0 saturated heterocycles. The number of nitrogens with zero attached hydrogens (tertiary/aromatic N) is 1. The average Bonchev–Trinajstić information content (AvgIpc) is 3.28. The largest absolute Gasteiger partial charge is 0.352 e.